The quantitative estimate of drug-likeness (QED) is 0.501. The molecule has 0 aromatic heterocycles. The molecular formula is C16H25Cl2F3N2. The number of alkyl halides is 3. The largest absolute Gasteiger partial charge is 0.416 e. The molecule has 0 aliphatic heterocycles. The van der Waals surface area contributed by atoms with Crippen molar-refractivity contribution in [1.82, 2.24) is 0 Å². The van der Waals surface area contributed by atoms with Gasteiger partial charge in [-0.3, -0.25) is 4.99 Å². The molecule has 2 N–H and O–H groups in total. The Kier molecular flexibility index (Phi) is 13.4. The summed E-state index contributed by atoms with van der Waals surface area (Å²) in [6.07, 6.45) is 2.53. The molecule has 1 rings (SSSR count). The van der Waals surface area contributed by atoms with Crippen LogP contribution in [0.3, 0.4) is 0 Å². The zero-order valence-corrected chi connectivity index (χ0v) is 14.8. The van der Waals surface area contributed by atoms with E-state index in [1.807, 2.05) is 0 Å². The third-order valence-electron chi connectivity index (χ3n) is 3.19. The Balaban J connectivity index is 0. The maximum Gasteiger partial charge on any atom is 0.416 e. The monoisotopic (exact) mass is 372 g/mol. The summed E-state index contributed by atoms with van der Waals surface area (Å²) in [6, 6.07) is 4.86. The van der Waals surface area contributed by atoms with Gasteiger partial charge in [0.2, 0.25) is 0 Å². The standard InChI is InChI=1S/C16H23F3N2.2ClH/c1-2-3-4-5-10-21-12-15(20)11-13-6-8-14(9-7-13)16(17,18)19;;/h6-9,12,15H,2-5,10-11,20H2,1H3;2*1H. The Morgan fingerprint density at radius 1 is 1.09 bits per heavy atom. The minimum atomic E-state index is -4.29. The Morgan fingerprint density at radius 3 is 2.22 bits per heavy atom. The van der Waals surface area contributed by atoms with Crippen LogP contribution in [0.15, 0.2) is 29.3 Å². The van der Waals surface area contributed by atoms with Crippen LogP contribution in [-0.4, -0.2) is 18.8 Å². The Labute approximate surface area is 148 Å². The lowest BCUT2D eigenvalue weighted by molar-refractivity contribution is -0.137. The van der Waals surface area contributed by atoms with Gasteiger partial charge < -0.3 is 5.73 Å². The second-order valence-electron chi connectivity index (χ2n) is 5.18. The number of aliphatic imine (C=N–C) groups is 1. The fraction of sp³-hybridized carbons (Fsp3) is 0.562. The molecule has 0 spiro atoms. The average Bonchev–Trinajstić information content (AvgIpc) is 2.42. The minimum absolute atomic E-state index is 0. The molecular weight excluding hydrogens is 348 g/mol. The zero-order valence-electron chi connectivity index (χ0n) is 13.2. The first-order chi connectivity index (χ1) is 9.93. The van der Waals surface area contributed by atoms with Gasteiger partial charge in [0.05, 0.1) is 5.56 Å². The van der Waals surface area contributed by atoms with E-state index in [2.05, 4.69) is 11.9 Å². The van der Waals surface area contributed by atoms with Crippen molar-refractivity contribution in [2.24, 2.45) is 10.7 Å². The SMILES string of the molecule is CCCCCCN=CC(N)Cc1ccc(C(F)(F)F)cc1.Cl.Cl. The van der Waals surface area contributed by atoms with Crippen LogP contribution in [0.4, 0.5) is 13.2 Å². The van der Waals surface area contributed by atoms with E-state index >= 15 is 0 Å². The van der Waals surface area contributed by atoms with E-state index in [1.165, 1.54) is 31.4 Å². The molecule has 0 aliphatic rings. The van der Waals surface area contributed by atoms with Gasteiger partial charge in [-0.2, -0.15) is 13.2 Å². The van der Waals surface area contributed by atoms with E-state index in [0.29, 0.717) is 6.42 Å². The molecule has 0 fully saturated rings. The number of halogens is 5. The topological polar surface area (TPSA) is 38.4 Å². The van der Waals surface area contributed by atoms with E-state index < -0.39 is 11.7 Å². The lowest BCUT2D eigenvalue weighted by atomic mass is 10.1. The van der Waals surface area contributed by atoms with Gasteiger partial charge in [-0.05, 0) is 30.5 Å². The Bertz CT molecular complexity index is 434. The summed E-state index contributed by atoms with van der Waals surface area (Å²) >= 11 is 0. The molecule has 0 saturated carbocycles. The second-order valence-corrected chi connectivity index (χ2v) is 5.18. The van der Waals surface area contributed by atoms with Gasteiger partial charge >= 0.3 is 6.18 Å². The average molecular weight is 373 g/mol. The first-order valence-corrected chi connectivity index (χ1v) is 7.35. The fourth-order valence-electron chi connectivity index (χ4n) is 1.99. The molecule has 0 radical (unpaired) electrons. The van der Waals surface area contributed by atoms with Crippen LogP contribution in [0.2, 0.25) is 0 Å². The van der Waals surface area contributed by atoms with Gasteiger partial charge in [-0.25, -0.2) is 0 Å². The molecule has 0 aliphatic carbocycles. The summed E-state index contributed by atoms with van der Waals surface area (Å²) in [5.74, 6) is 0. The van der Waals surface area contributed by atoms with Crippen LogP contribution in [0.5, 0.6) is 0 Å². The van der Waals surface area contributed by atoms with Crippen LogP contribution < -0.4 is 5.73 Å². The molecule has 1 aromatic rings. The third kappa shape index (κ3) is 10.6. The van der Waals surface area contributed by atoms with Crippen LogP contribution >= 0.6 is 24.8 Å². The maximum absolute atomic E-state index is 12.4. The van der Waals surface area contributed by atoms with E-state index in [4.69, 9.17) is 5.73 Å². The van der Waals surface area contributed by atoms with Crippen molar-refractivity contribution in [2.75, 3.05) is 6.54 Å². The van der Waals surface area contributed by atoms with Gasteiger partial charge in [-0.1, -0.05) is 38.3 Å². The molecule has 23 heavy (non-hydrogen) atoms. The Morgan fingerprint density at radius 2 is 1.70 bits per heavy atom. The molecule has 1 aromatic carbocycles. The minimum Gasteiger partial charge on any atom is -0.323 e. The first kappa shape index (κ1) is 24.5. The highest BCUT2D eigenvalue weighted by Crippen LogP contribution is 2.29. The lowest BCUT2D eigenvalue weighted by Crippen LogP contribution is -2.24. The van der Waals surface area contributed by atoms with Gasteiger partial charge in [0.1, 0.15) is 0 Å². The highest BCUT2D eigenvalue weighted by atomic mass is 35.5. The zero-order chi connectivity index (χ0) is 15.7. The number of benzene rings is 1. The number of rotatable bonds is 8. The van der Waals surface area contributed by atoms with Gasteiger partial charge in [0.15, 0.2) is 0 Å². The molecule has 0 heterocycles. The number of hydrogen-bond acceptors (Lipinski definition) is 2. The van der Waals surface area contributed by atoms with Crippen molar-refractivity contribution in [3.8, 4) is 0 Å². The molecule has 7 heteroatoms. The van der Waals surface area contributed by atoms with Crippen LogP contribution in [0.1, 0.15) is 43.7 Å². The molecule has 2 nitrogen and oxygen atoms in total. The number of hydrogen-bond donors (Lipinski definition) is 1. The lowest BCUT2D eigenvalue weighted by Gasteiger charge is -2.09. The van der Waals surface area contributed by atoms with Gasteiger partial charge in [0, 0.05) is 18.8 Å². The summed E-state index contributed by atoms with van der Waals surface area (Å²) in [4.78, 5) is 4.27. The predicted molar refractivity (Wildman–Crippen MR) is 95.1 cm³/mol. The predicted octanol–water partition coefficient (Wildman–Crippen LogP) is 5.07. The van der Waals surface area contributed by atoms with E-state index in [0.717, 1.165) is 30.7 Å². The molecule has 1 unspecified atom stereocenters. The highest BCUT2D eigenvalue weighted by Gasteiger charge is 2.29. The summed E-state index contributed by atoms with van der Waals surface area (Å²) in [6.45, 7) is 2.92. The van der Waals surface area contributed by atoms with E-state index in [-0.39, 0.29) is 30.9 Å². The van der Waals surface area contributed by atoms with E-state index in [1.54, 1.807) is 6.21 Å². The fourth-order valence-corrected chi connectivity index (χ4v) is 1.99. The van der Waals surface area contributed by atoms with Crippen molar-refractivity contribution in [2.45, 2.75) is 51.2 Å². The third-order valence-corrected chi connectivity index (χ3v) is 3.19. The van der Waals surface area contributed by atoms with Crippen molar-refractivity contribution >= 4 is 31.0 Å². The van der Waals surface area contributed by atoms with Crippen molar-refractivity contribution in [3.63, 3.8) is 0 Å². The summed E-state index contributed by atoms with van der Waals surface area (Å²) in [5, 5.41) is 0. The molecule has 0 bridgehead atoms. The summed E-state index contributed by atoms with van der Waals surface area (Å²) in [7, 11) is 0. The van der Waals surface area contributed by atoms with Crippen LogP contribution in [-0.2, 0) is 12.6 Å². The summed E-state index contributed by atoms with van der Waals surface area (Å²) in [5.41, 5.74) is 6.05. The van der Waals surface area contributed by atoms with Crippen molar-refractivity contribution < 1.29 is 13.2 Å². The molecule has 0 saturated heterocycles. The number of nitrogens with two attached hydrogens (primary N) is 1. The van der Waals surface area contributed by atoms with Gasteiger partial charge in [0.25, 0.3) is 0 Å². The molecule has 134 valence electrons. The molecule has 0 amide bonds. The normalized spacial score (nSPS) is 12.6. The Hall–Kier alpha value is -0.780. The first-order valence-electron chi connectivity index (χ1n) is 7.35. The van der Waals surface area contributed by atoms with Crippen molar-refractivity contribution in [3.05, 3.63) is 35.4 Å². The summed E-state index contributed by atoms with van der Waals surface area (Å²) < 4.78 is 37.3. The second kappa shape index (κ2) is 12.6. The maximum atomic E-state index is 12.4. The number of unbranched alkanes of at least 4 members (excludes halogenated alkanes) is 3. The smallest absolute Gasteiger partial charge is 0.323 e. The highest BCUT2D eigenvalue weighted by molar-refractivity contribution is 5.85. The van der Waals surface area contributed by atoms with E-state index in [9.17, 15) is 13.2 Å². The van der Waals surface area contributed by atoms with Crippen LogP contribution in [0.25, 0.3) is 0 Å². The number of nitrogens with zero attached hydrogens (tertiary/aromatic N) is 1. The van der Waals surface area contributed by atoms with Crippen LogP contribution in [0, 0.1) is 0 Å². The van der Waals surface area contributed by atoms with Crippen molar-refractivity contribution in [1.29, 1.82) is 0 Å². The molecule has 1 atom stereocenters. The van der Waals surface area contributed by atoms with Gasteiger partial charge in [-0.15, -0.1) is 24.8 Å².